The van der Waals surface area contributed by atoms with Crippen LogP contribution in [0.15, 0.2) is 24.3 Å². The number of ether oxygens (including phenoxy) is 1. The molecular formula is C17H31BrN2O. The van der Waals surface area contributed by atoms with Gasteiger partial charge >= 0.3 is 0 Å². The minimum Gasteiger partial charge on any atom is -1.00 e. The van der Waals surface area contributed by atoms with Gasteiger partial charge in [0.1, 0.15) is 18.9 Å². The number of anilines is 1. The van der Waals surface area contributed by atoms with E-state index in [1.165, 1.54) is 18.5 Å². The van der Waals surface area contributed by atoms with E-state index in [4.69, 9.17) is 4.74 Å². The highest BCUT2D eigenvalue weighted by atomic mass is 79.9. The maximum absolute atomic E-state index is 5.89. The van der Waals surface area contributed by atoms with E-state index in [2.05, 4.69) is 64.2 Å². The lowest BCUT2D eigenvalue weighted by Gasteiger charge is -2.25. The van der Waals surface area contributed by atoms with Crippen molar-refractivity contribution in [2.24, 2.45) is 0 Å². The van der Waals surface area contributed by atoms with Gasteiger partial charge in [0.2, 0.25) is 0 Å². The molecule has 0 heterocycles. The fraction of sp³-hybridized carbons (Fsp3) is 0.647. The van der Waals surface area contributed by atoms with E-state index in [1.54, 1.807) is 0 Å². The smallest absolute Gasteiger partial charge is 0.137 e. The first-order chi connectivity index (χ1) is 9.46. The molecule has 0 atom stereocenters. The maximum atomic E-state index is 5.89. The highest BCUT2D eigenvalue weighted by Crippen LogP contribution is 2.21. The zero-order valence-electron chi connectivity index (χ0n) is 14.2. The molecule has 1 rings (SSSR count). The van der Waals surface area contributed by atoms with Crippen molar-refractivity contribution in [1.82, 2.24) is 0 Å². The molecule has 0 saturated heterocycles. The Kier molecular flexibility index (Phi) is 9.71. The summed E-state index contributed by atoms with van der Waals surface area (Å²) < 4.78 is 6.81. The molecule has 0 aromatic heterocycles. The average molecular weight is 359 g/mol. The number of rotatable bonds is 9. The molecule has 0 aliphatic rings. The third-order valence-electron chi connectivity index (χ3n) is 3.20. The van der Waals surface area contributed by atoms with Crippen LogP contribution in [0.4, 0.5) is 5.69 Å². The van der Waals surface area contributed by atoms with Gasteiger partial charge in [-0.15, -0.1) is 0 Å². The van der Waals surface area contributed by atoms with Crippen LogP contribution < -0.4 is 26.6 Å². The first-order valence-corrected chi connectivity index (χ1v) is 7.74. The number of nitrogens with zero attached hydrogens (tertiary/aromatic N) is 2. The SMILES string of the molecule is CCCN(CCC)c1cccc(OCC[N+](C)(C)C)c1.[Br-]. The molecule has 0 radical (unpaired) electrons. The van der Waals surface area contributed by atoms with E-state index in [1.807, 2.05) is 0 Å². The van der Waals surface area contributed by atoms with E-state index in [0.717, 1.165) is 36.5 Å². The molecule has 21 heavy (non-hydrogen) atoms. The highest BCUT2D eigenvalue weighted by molar-refractivity contribution is 5.50. The third-order valence-corrected chi connectivity index (χ3v) is 3.20. The summed E-state index contributed by atoms with van der Waals surface area (Å²) in [5, 5.41) is 0. The van der Waals surface area contributed by atoms with E-state index >= 15 is 0 Å². The maximum Gasteiger partial charge on any atom is 0.137 e. The van der Waals surface area contributed by atoms with Crippen molar-refractivity contribution in [3.8, 4) is 5.75 Å². The Morgan fingerprint density at radius 2 is 1.67 bits per heavy atom. The highest BCUT2D eigenvalue weighted by Gasteiger charge is 2.08. The van der Waals surface area contributed by atoms with Gasteiger partial charge in [0.25, 0.3) is 0 Å². The molecule has 0 N–H and O–H groups in total. The standard InChI is InChI=1S/C17H31N2O.BrH/c1-6-11-18(12-7-2)16-9-8-10-17(15-16)20-14-13-19(3,4)5;/h8-10,15H,6-7,11-14H2,1-5H3;1H/q+1;/p-1. The Balaban J connectivity index is 0.00000400. The van der Waals surface area contributed by atoms with Crippen molar-refractivity contribution in [1.29, 1.82) is 0 Å². The van der Waals surface area contributed by atoms with Crippen LogP contribution in [-0.2, 0) is 0 Å². The van der Waals surface area contributed by atoms with Crippen LogP contribution in [-0.4, -0.2) is 51.9 Å². The number of hydrogen-bond acceptors (Lipinski definition) is 2. The lowest BCUT2D eigenvalue weighted by Crippen LogP contribution is -3.00. The van der Waals surface area contributed by atoms with Gasteiger partial charge in [-0.25, -0.2) is 0 Å². The van der Waals surface area contributed by atoms with Crippen LogP contribution in [0.25, 0.3) is 0 Å². The van der Waals surface area contributed by atoms with Crippen molar-refractivity contribution in [3.63, 3.8) is 0 Å². The third kappa shape index (κ3) is 8.32. The number of benzene rings is 1. The zero-order valence-corrected chi connectivity index (χ0v) is 15.8. The van der Waals surface area contributed by atoms with E-state index in [-0.39, 0.29) is 17.0 Å². The molecule has 0 fully saturated rings. The second-order valence-electron chi connectivity index (χ2n) is 6.35. The number of hydrogen-bond donors (Lipinski definition) is 0. The molecule has 0 saturated carbocycles. The lowest BCUT2D eigenvalue weighted by molar-refractivity contribution is -0.870. The fourth-order valence-electron chi connectivity index (χ4n) is 2.12. The van der Waals surface area contributed by atoms with Gasteiger partial charge in [0.05, 0.1) is 21.1 Å². The molecule has 0 bridgehead atoms. The van der Waals surface area contributed by atoms with Gasteiger partial charge in [-0.3, -0.25) is 0 Å². The van der Waals surface area contributed by atoms with Crippen LogP contribution in [0, 0.1) is 0 Å². The molecule has 0 amide bonds. The van der Waals surface area contributed by atoms with Crippen LogP contribution in [0.2, 0.25) is 0 Å². The topological polar surface area (TPSA) is 12.5 Å². The zero-order chi connectivity index (χ0) is 15.0. The Labute approximate surface area is 141 Å². The molecule has 4 heteroatoms. The summed E-state index contributed by atoms with van der Waals surface area (Å²) in [6.45, 7) is 8.44. The quantitative estimate of drug-likeness (QED) is 0.592. The molecule has 0 aliphatic heterocycles. The van der Waals surface area contributed by atoms with Crippen molar-refractivity contribution >= 4 is 5.69 Å². The summed E-state index contributed by atoms with van der Waals surface area (Å²) in [5.74, 6) is 0.980. The summed E-state index contributed by atoms with van der Waals surface area (Å²) in [6.07, 6.45) is 2.35. The van der Waals surface area contributed by atoms with Crippen LogP contribution in [0.3, 0.4) is 0 Å². The van der Waals surface area contributed by atoms with Crippen molar-refractivity contribution < 1.29 is 26.2 Å². The summed E-state index contributed by atoms with van der Waals surface area (Å²) in [7, 11) is 6.55. The Bertz CT molecular complexity index is 385. The first-order valence-electron chi connectivity index (χ1n) is 7.74. The number of halogens is 1. The van der Waals surface area contributed by atoms with Gasteiger partial charge in [-0.1, -0.05) is 19.9 Å². The summed E-state index contributed by atoms with van der Waals surface area (Å²) in [4.78, 5) is 2.44. The summed E-state index contributed by atoms with van der Waals surface area (Å²) in [5.41, 5.74) is 1.27. The minimum atomic E-state index is 0. The molecule has 0 unspecified atom stereocenters. The lowest BCUT2D eigenvalue weighted by atomic mass is 10.2. The predicted octanol–water partition coefficient (Wildman–Crippen LogP) is 0.402. The first kappa shape index (κ1) is 20.3. The summed E-state index contributed by atoms with van der Waals surface area (Å²) >= 11 is 0. The minimum absolute atomic E-state index is 0. The van der Waals surface area contributed by atoms with Crippen molar-refractivity contribution in [2.45, 2.75) is 26.7 Å². The van der Waals surface area contributed by atoms with Gasteiger partial charge in [-0.2, -0.15) is 0 Å². The summed E-state index contributed by atoms with van der Waals surface area (Å²) in [6, 6.07) is 8.49. The predicted molar refractivity (Wildman–Crippen MR) is 87.6 cm³/mol. The number of likely N-dealkylation sites (N-methyl/N-ethyl adjacent to an activating group) is 1. The molecule has 3 nitrogen and oxygen atoms in total. The molecule has 1 aromatic rings. The van der Waals surface area contributed by atoms with Gasteiger partial charge < -0.3 is 31.1 Å². The molecule has 1 aromatic carbocycles. The fourth-order valence-corrected chi connectivity index (χ4v) is 2.12. The average Bonchev–Trinajstić information content (AvgIpc) is 2.37. The van der Waals surface area contributed by atoms with E-state index in [0.29, 0.717) is 0 Å². The largest absolute Gasteiger partial charge is 1.00 e. The Morgan fingerprint density at radius 3 is 2.19 bits per heavy atom. The second kappa shape index (κ2) is 10.1. The van der Waals surface area contributed by atoms with E-state index < -0.39 is 0 Å². The Hall–Kier alpha value is -0.740. The van der Waals surface area contributed by atoms with Crippen LogP contribution in [0.1, 0.15) is 26.7 Å². The van der Waals surface area contributed by atoms with Gasteiger partial charge in [0, 0.05) is 24.8 Å². The van der Waals surface area contributed by atoms with Crippen molar-refractivity contribution in [2.75, 3.05) is 52.3 Å². The van der Waals surface area contributed by atoms with E-state index in [9.17, 15) is 0 Å². The number of quaternary nitrogens is 1. The molecule has 0 spiro atoms. The Morgan fingerprint density at radius 1 is 1.05 bits per heavy atom. The normalized spacial score (nSPS) is 10.9. The molecular weight excluding hydrogens is 328 g/mol. The monoisotopic (exact) mass is 358 g/mol. The van der Waals surface area contributed by atoms with Crippen molar-refractivity contribution in [3.05, 3.63) is 24.3 Å². The van der Waals surface area contributed by atoms with Crippen LogP contribution in [0.5, 0.6) is 5.75 Å². The van der Waals surface area contributed by atoms with Crippen LogP contribution >= 0.6 is 0 Å². The second-order valence-corrected chi connectivity index (χ2v) is 6.35. The van der Waals surface area contributed by atoms with Gasteiger partial charge in [0.15, 0.2) is 0 Å². The van der Waals surface area contributed by atoms with Gasteiger partial charge in [-0.05, 0) is 25.0 Å². The molecule has 0 aliphatic carbocycles. The molecule has 122 valence electrons.